The monoisotopic (exact) mass is 498 g/mol. The van der Waals surface area contributed by atoms with E-state index in [0.29, 0.717) is 0 Å². The van der Waals surface area contributed by atoms with Gasteiger partial charge in [0.1, 0.15) is 0 Å². The van der Waals surface area contributed by atoms with Crippen LogP contribution in [0.15, 0.2) is 83.9 Å². The van der Waals surface area contributed by atoms with E-state index in [2.05, 4.69) is 24.3 Å². The fourth-order valence-corrected chi connectivity index (χ4v) is 3.87. The molecular weight excluding hydrogens is 473 g/mol. The number of carboxylic acids is 1. The first-order valence-corrected chi connectivity index (χ1v) is 10.8. The van der Waals surface area contributed by atoms with E-state index >= 15 is 0 Å². The molecule has 4 rings (SSSR count). The Labute approximate surface area is 206 Å². The summed E-state index contributed by atoms with van der Waals surface area (Å²) in [4.78, 5) is 30.7. The predicted molar refractivity (Wildman–Crippen MR) is 132 cm³/mol. The number of nitrogens with zero attached hydrogens (tertiary/aromatic N) is 3. The maximum Gasteiger partial charge on any atom is 0.490 e. The van der Waals surface area contributed by atoms with Crippen LogP contribution in [-0.4, -0.2) is 55.2 Å². The lowest BCUT2D eigenvalue weighted by atomic mass is 9.80. The molecule has 0 aromatic heterocycles. The Morgan fingerprint density at radius 3 is 1.94 bits per heavy atom. The highest BCUT2D eigenvalue weighted by Crippen LogP contribution is 2.44. The van der Waals surface area contributed by atoms with Crippen LogP contribution in [-0.2, 0) is 15.1 Å². The molecule has 3 aromatic carbocycles. The lowest BCUT2D eigenvalue weighted by Gasteiger charge is -2.30. The number of nitrogens with two attached hydrogens (primary N) is 1. The number of hydrogen-bond donors (Lipinski definition) is 2. The van der Waals surface area contributed by atoms with Gasteiger partial charge in [-0.25, -0.2) is 9.79 Å². The highest BCUT2D eigenvalue weighted by molar-refractivity contribution is 6.09. The molecule has 0 saturated heterocycles. The van der Waals surface area contributed by atoms with Crippen LogP contribution in [0.2, 0.25) is 0 Å². The standard InChI is InChI=1S/C24H24N4O.C2HF3O2/c1-27(2)21-15-14-18(17-10-6-4-7-11-17)16-20(21)24(19-12-8-5-9-13-19)22(29)28(3)23(25)26-24;3-2(4,5)1(6)7/h4-16H,1-3H3,(H2,25,26);(H,6,7). The minimum atomic E-state index is -5.08. The number of amides is 1. The molecule has 0 fully saturated rings. The molecule has 1 aliphatic rings. The van der Waals surface area contributed by atoms with Crippen LogP contribution in [0.25, 0.3) is 11.1 Å². The molecule has 0 aliphatic carbocycles. The Hall–Kier alpha value is -4.34. The molecule has 188 valence electrons. The molecule has 1 heterocycles. The molecule has 1 unspecified atom stereocenters. The quantitative estimate of drug-likeness (QED) is 0.565. The van der Waals surface area contributed by atoms with Gasteiger partial charge in [0, 0.05) is 32.4 Å². The number of aliphatic carboxylic acids is 1. The van der Waals surface area contributed by atoms with Crippen molar-refractivity contribution in [2.45, 2.75) is 11.7 Å². The maximum atomic E-state index is 13.6. The van der Waals surface area contributed by atoms with Crippen molar-refractivity contribution in [1.82, 2.24) is 4.90 Å². The Kier molecular flexibility index (Phi) is 7.37. The third-order valence-corrected chi connectivity index (χ3v) is 5.65. The molecule has 1 amide bonds. The number of hydrogen-bond acceptors (Lipinski definition) is 5. The summed E-state index contributed by atoms with van der Waals surface area (Å²) in [5.74, 6) is -2.70. The van der Waals surface area contributed by atoms with Gasteiger partial charge in [-0.15, -0.1) is 0 Å². The predicted octanol–water partition coefficient (Wildman–Crippen LogP) is 4.08. The number of rotatable bonds is 4. The minimum absolute atomic E-state index is 0.158. The highest BCUT2D eigenvalue weighted by atomic mass is 19.4. The normalized spacial score (nSPS) is 17.2. The van der Waals surface area contributed by atoms with E-state index < -0.39 is 17.7 Å². The first-order valence-electron chi connectivity index (χ1n) is 10.8. The van der Waals surface area contributed by atoms with Crippen molar-refractivity contribution in [3.8, 4) is 11.1 Å². The van der Waals surface area contributed by atoms with Crippen molar-refractivity contribution in [2.75, 3.05) is 26.0 Å². The lowest BCUT2D eigenvalue weighted by Crippen LogP contribution is -2.41. The van der Waals surface area contributed by atoms with Crippen LogP contribution in [0.3, 0.4) is 0 Å². The van der Waals surface area contributed by atoms with E-state index in [1.165, 1.54) is 4.90 Å². The van der Waals surface area contributed by atoms with Gasteiger partial charge >= 0.3 is 12.1 Å². The number of carbonyl (C=O) groups is 2. The SMILES string of the molecule is CN1C(=O)C(c2ccccc2)(c2cc(-c3ccccc3)ccc2N(C)C)N=C1N.O=C(O)C(F)(F)F. The van der Waals surface area contributed by atoms with Gasteiger partial charge in [-0.3, -0.25) is 9.69 Å². The molecule has 1 aliphatic heterocycles. The summed E-state index contributed by atoms with van der Waals surface area (Å²) in [5.41, 5.74) is 9.56. The third kappa shape index (κ3) is 5.02. The molecule has 3 N–H and O–H groups in total. The third-order valence-electron chi connectivity index (χ3n) is 5.65. The van der Waals surface area contributed by atoms with Gasteiger partial charge in [-0.1, -0.05) is 66.7 Å². The van der Waals surface area contributed by atoms with E-state index in [9.17, 15) is 18.0 Å². The lowest BCUT2D eigenvalue weighted by molar-refractivity contribution is -0.192. The van der Waals surface area contributed by atoms with Crippen molar-refractivity contribution < 1.29 is 27.9 Å². The number of alkyl halides is 3. The Morgan fingerprint density at radius 2 is 1.50 bits per heavy atom. The Morgan fingerprint density at radius 1 is 0.972 bits per heavy atom. The summed E-state index contributed by atoms with van der Waals surface area (Å²) >= 11 is 0. The van der Waals surface area contributed by atoms with Gasteiger partial charge in [-0.05, 0) is 28.8 Å². The zero-order valence-corrected chi connectivity index (χ0v) is 19.8. The number of halogens is 3. The zero-order chi connectivity index (χ0) is 26.7. The van der Waals surface area contributed by atoms with Crippen LogP contribution < -0.4 is 10.6 Å². The summed E-state index contributed by atoms with van der Waals surface area (Å²) in [5, 5.41) is 7.12. The smallest absolute Gasteiger partial charge is 0.475 e. The Bertz CT molecular complexity index is 1280. The molecule has 7 nitrogen and oxygen atoms in total. The van der Waals surface area contributed by atoms with Crippen molar-refractivity contribution in [1.29, 1.82) is 0 Å². The topological polar surface area (TPSA) is 99.2 Å². The van der Waals surface area contributed by atoms with Crippen molar-refractivity contribution in [2.24, 2.45) is 10.7 Å². The highest BCUT2D eigenvalue weighted by Gasteiger charge is 2.51. The molecular formula is C26H25F3N4O3. The van der Waals surface area contributed by atoms with Crippen LogP contribution >= 0.6 is 0 Å². The van der Waals surface area contributed by atoms with Crippen LogP contribution in [0.1, 0.15) is 11.1 Å². The van der Waals surface area contributed by atoms with Gasteiger partial charge in [0.05, 0.1) is 0 Å². The minimum Gasteiger partial charge on any atom is -0.475 e. The summed E-state index contributed by atoms with van der Waals surface area (Å²) in [7, 11) is 5.61. The molecule has 0 spiro atoms. The molecule has 0 bridgehead atoms. The molecule has 0 saturated carbocycles. The second-order valence-corrected chi connectivity index (χ2v) is 8.21. The molecule has 1 atom stereocenters. The van der Waals surface area contributed by atoms with Crippen molar-refractivity contribution in [3.05, 3.63) is 90.0 Å². The number of guanidine groups is 1. The van der Waals surface area contributed by atoms with E-state index in [1.54, 1.807) is 7.05 Å². The number of anilines is 1. The van der Waals surface area contributed by atoms with Gasteiger partial charge in [0.15, 0.2) is 11.5 Å². The van der Waals surface area contributed by atoms with Gasteiger partial charge in [0.25, 0.3) is 5.91 Å². The first kappa shape index (κ1) is 26.3. The molecule has 0 radical (unpaired) electrons. The summed E-state index contributed by atoms with van der Waals surface area (Å²) in [6.45, 7) is 0. The average Bonchev–Trinajstić information content (AvgIpc) is 3.09. The second-order valence-electron chi connectivity index (χ2n) is 8.21. The number of benzene rings is 3. The average molecular weight is 499 g/mol. The number of carboxylic acid groups (broad SMARTS) is 1. The first-order chi connectivity index (χ1) is 16.9. The fourth-order valence-electron chi connectivity index (χ4n) is 3.87. The summed E-state index contributed by atoms with van der Waals surface area (Å²) < 4.78 is 31.7. The Balaban J connectivity index is 0.000000454. The van der Waals surface area contributed by atoms with E-state index in [0.717, 1.165) is 27.9 Å². The van der Waals surface area contributed by atoms with Gasteiger partial charge < -0.3 is 15.7 Å². The molecule has 10 heteroatoms. The van der Waals surface area contributed by atoms with E-state index in [4.69, 9.17) is 20.6 Å². The van der Waals surface area contributed by atoms with Crippen LogP contribution in [0.5, 0.6) is 0 Å². The zero-order valence-electron chi connectivity index (χ0n) is 19.8. The van der Waals surface area contributed by atoms with E-state index in [-0.39, 0.29) is 11.9 Å². The van der Waals surface area contributed by atoms with Crippen LogP contribution in [0, 0.1) is 0 Å². The largest absolute Gasteiger partial charge is 0.490 e. The fraction of sp³-hybridized carbons (Fsp3) is 0.192. The van der Waals surface area contributed by atoms with Gasteiger partial charge in [-0.2, -0.15) is 13.2 Å². The van der Waals surface area contributed by atoms with Gasteiger partial charge in [0.2, 0.25) is 0 Å². The number of likely N-dealkylation sites (N-methyl/N-ethyl adjacent to an activating group) is 1. The maximum absolute atomic E-state index is 13.6. The number of carbonyl (C=O) groups excluding carboxylic acids is 1. The van der Waals surface area contributed by atoms with Crippen molar-refractivity contribution >= 4 is 23.5 Å². The molecule has 36 heavy (non-hydrogen) atoms. The van der Waals surface area contributed by atoms with E-state index in [1.807, 2.05) is 73.6 Å². The van der Waals surface area contributed by atoms with Crippen molar-refractivity contribution in [3.63, 3.8) is 0 Å². The number of aliphatic imine (C=N–C) groups is 1. The molecule has 3 aromatic rings. The van der Waals surface area contributed by atoms with Crippen LogP contribution in [0.4, 0.5) is 18.9 Å². The summed E-state index contributed by atoms with van der Waals surface area (Å²) in [6.07, 6.45) is -5.08. The summed E-state index contributed by atoms with van der Waals surface area (Å²) in [6, 6.07) is 25.9. The second kappa shape index (κ2) is 10.1.